The summed E-state index contributed by atoms with van der Waals surface area (Å²) in [5.74, 6) is 0.980. The molecule has 0 unspecified atom stereocenters. The van der Waals surface area contributed by atoms with Crippen LogP contribution in [0.4, 0.5) is 0 Å². The summed E-state index contributed by atoms with van der Waals surface area (Å²) in [5, 5.41) is 18.3. The van der Waals surface area contributed by atoms with E-state index in [1.165, 1.54) is 120 Å². The SMILES string of the molecule is c1ccc(-c2nc3cccc4c3n2-c2cccc3c2B4c2cc4c5ccccc5c5ccccc5c4c4c5c6c7ccccc7c7ccccc7c6ccc5n-3c24)cc1. The molecule has 0 saturated carbocycles. The van der Waals surface area contributed by atoms with Gasteiger partial charge in [-0.05, 0) is 94.5 Å². The number of hydrogen-bond acceptors (Lipinski definition) is 1. The van der Waals surface area contributed by atoms with E-state index in [4.69, 9.17) is 4.98 Å². The molecule has 0 fully saturated rings. The number of fused-ring (bicyclic) bond motifs is 21. The van der Waals surface area contributed by atoms with Crippen LogP contribution in [0.2, 0.25) is 0 Å². The van der Waals surface area contributed by atoms with E-state index in [0.717, 1.165) is 16.9 Å². The lowest BCUT2D eigenvalue weighted by Gasteiger charge is -2.33. The zero-order valence-corrected chi connectivity index (χ0v) is 31.7. The van der Waals surface area contributed by atoms with Gasteiger partial charge in [0.15, 0.2) is 0 Å². The molecule has 15 rings (SSSR count). The maximum absolute atomic E-state index is 5.38. The van der Waals surface area contributed by atoms with Gasteiger partial charge in [-0.3, -0.25) is 4.57 Å². The van der Waals surface area contributed by atoms with E-state index in [1.54, 1.807) is 0 Å². The minimum atomic E-state index is 0.00973. The van der Waals surface area contributed by atoms with E-state index in [1.807, 2.05) is 0 Å². The second-order valence-corrected chi connectivity index (χ2v) is 16.5. The van der Waals surface area contributed by atoms with Crippen LogP contribution in [0.25, 0.3) is 120 Å². The van der Waals surface area contributed by atoms with Gasteiger partial charge >= 0.3 is 0 Å². The van der Waals surface area contributed by atoms with Crippen LogP contribution < -0.4 is 16.4 Å². The molecule has 0 N–H and O–H groups in total. The Balaban J connectivity index is 1.25. The summed E-state index contributed by atoms with van der Waals surface area (Å²) in [5.41, 5.74) is 12.3. The summed E-state index contributed by atoms with van der Waals surface area (Å²) < 4.78 is 5.08. The average Bonchev–Trinajstić information content (AvgIpc) is 3.87. The third-order valence-corrected chi connectivity index (χ3v) is 13.8. The molecule has 4 heterocycles. The van der Waals surface area contributed by atoms with Gasteiger partial charge in [0.2, 0.25) is 0 Å². The molecule has 2 aliphatic rings. The Bertz CT molecular complexity index is 4040. The van der Waals surface area contributed by atoms with Crippen LogP contribution >= 0.6 is 0 Å². The standard InChI is InChI=1S/C55H30BN3/c1-2-14-31(15-3-1)55-57-44-25-12-24-42-53(44)59(55)47-27-13-26-46-52(47)56(42)43-30-41-37-21-7-5-17-33(37)35-19-9-11-23-39(35)49(41)51-50-45(58(46)54(43)51)29-28-40-36-20-6-4-16-32(36)34-18-8-10-22-38(34)48(40)50/h1-30H. The van der Waals surface area contributed by atoms with Gasteiger partial charge in [0.25, 0.3) is 6.71 Å². The predicted octanol–water partition coefficient (Wildman–Crippen LogP) is 11.9. The zero-order chi connectivity index (χ0) is 38.1. The van der Waals surface area contributed by atoms with E-state index in [0.29, 0.717) is 0 Å². The molecule has 2 aromatic heterocycles. The highest BCUT2D eigenvalue weighted by atomic mass is 15.1. The molecule has 11 aromatic carbocycles. The molecule has 4 heteroatoms. The summed E-state index contributed by atoms with van der Waals surface area (Å²) in [7, 11) is 0. The summed E-state index contributed by atoms with van der Waals surface area (Å²) in [6.45, 7) is 0.00973. The lowest BCUT2D eigenvalue weighted by atomic mass is 9.34. The lowest BCUT2D eigenvalue weighted by molar-refractivity contribution is 1.09. The lowest BCUT2D eigenvalue weighted by Crippen LogP contribution is -2.59. The first-order chi connectivity index (χ1) is 29.3. The quantitative estimate of drug-likeness (QED) is 0.121. The molecule has 3 nitrogen and oxygen atoms in total. The van der Waals surface area contributed by atoms with Crippen LogP contribution in [0.1, 0.15) is 0 Å². The predicted molar refractivity (Wildman–Crippen MR) is 251 cm³/mol. The van der Waals surface area contributed by atoms with Crippen molar-refractivity contribution in [2.75, 3.05) is 0 Å². The van der Waals surface area contributed by atoms with Gasteiger partial charge in [0.05, 0.1) is 22.1 Å². The molecule has 0 bridgehead atoms. The Morgan fingerprint density at radius 2 is 0.881 bits per heavy atom. The second-order valence-electron chi connectivity index (χ2n) is 16.5. The Labute approximate surface area is 338 Å². The molecule has 2 aliphatic heterocycles. The fourth-order valence-corrected chi connectivity index (χ4v) is 11.7. The first kappa shape index (κ1) is 30.5. The minimum Gasteiger partial charge on any atom is -0.310 e. The molecule has 0 spiro atoms. The molecular weight excluding hydrogens is 713 g/mol. The van der Waals surface area contributed by atoms with E-state index in [9.17, 15) is 0 Å². The number of rotatable bonds is 1. The normalized spacial score (nSPS) is 13.1. The number of nitrogens with zero attached hydrogens (tertiary/aromatic N) is 3. The Hall–Kier alpha value is -7.69. The van der Waals surface area contributed by atoms with Crippen LogP contribution in [0.15, 0.2) is 182 Å². The first-order valence-electron chi connectivity index (χ1n) is 20.6. The fraction of sp³-hybridized carbons (Fsp3) is 0. The third-order valence-electron chi connectivity index (χ3n) is 13.8. The van der Waals surface area contributed by atoms with E-state index in [-0.39, 0.29) is 6.71 Å². The van der Waals surface area contributed by atoms with Gasteiger partial charge in [-0.1, -0.05) is 158 Å². The highest BCUT2D eigenvalue weighted by molar-refractivity contribution is 7.00. The van der Waals surface area contributed by atoms with Crippen molar-refractivity contribution in [1.29, 1.82) is 0 Å². The van der Waals surface area contributed by atoms with Crippen LogP contribution in [-0.4, -0.2) is 20.8 Å². The van der Waals surface area contributed by atoms with Gasteiger partial charge in [-0.15, -0.1) is 0 Å². The van der Waals surface area contributed by atoms with Gasteiger partial charge in [0.1, 0.15) is 5.82 Å². The summed E-state index contributed by atoms with van der Waals surface area (Å²) in [6, 6.07) is 68.0. The molecule has 268 valence electrons. The molecule has 0 atom stereocenters. The molecule has 0 amide bonds. The maximum atomic E-state index is 5.38. The number of aromatic nitrogens is 3. The largest absolute Gasteiger partial charge is 0.310 e. The van der Waals surface area contributed by atoms with Crippen molar-refractivity contribution in [3.8, 4) is 22.8 Å². The van der Waals surface area contributed by atoms with Crippen LogP contribution in [0, 0.1) is 0 Å². The van der Waals surface area contributed by atoms with Crippen molar-refractivity contribution >= 4 is 121 Å². The Kier molecular flexibility index (Phi) is 5.48. The summed E-state index contributed by atoms with van der Waals surface area (Å²) >= 11 is 0. The van der Waals surface area contributed by atoms with Crippen molar-refractivity contribution in [2.45, 2.75) is 0 Å². The fourth-order valence-electron chi connectivity index (χ4n) is 11.7. The minimum absolute atomic E-state index is 0.00973. The topological polar surface area (TPSA) is 22.8 Å². The van der Waals surface area contributed by atoms with E-state index >= 15 is 0 Å². The van der Waals surface area contributed by atoms with Crippen molar-refractivity contribution < 1.29 is 0 Å². The zero-order valence-electron chi connectivity index (χ0n) is 31.7. The molecule has 0 aliphatic carbocycles. The third kappa shape index (κ3) is 3.57. The summed E-state index contributed by atoms with van der Waals surface area (Å²) in [6.07, 6.45) is 0. The number of para-hydroxylation sites is 1. The monoisotopic (exact) mass is 743 g/mol. The van der Waals surface area contributed by atoms with Crippen molar-refractivity contribution in [3.05, 3.63) is 182 Å². The van der Waals surface area contributed by atoms with Gasteiger partial charge < -0.3 is 4.57 Å². The van der Waals surface area contributed by atoms with Gasteiger partial charge in [-0.25, -0.2) is 4.98 Å². The molecule has 13 aromatic rings. The smallest absolute Gasteiger partial charge is 0.252 e. The highest BCUT2D eigenvalue weighted by Crippen LogP contribution is 2.49. The number of imidazole rings is 1. The maximum Gasteiger partial charge on any atom is 0.252 e. The van der Waals surface area contributed by atoms with E-state index in [2.05, 4.69) is 191 Å². The molecule has 0 saturated heterocycles. The summed E-state index contributed by atoms with van der Waals surface area (Å²) in [4.78, 5) is 5.38. The Morgan fingerprint density at radius 3 is 1.54 bits per heavy atom. The second kappa shape index (κ2) is 10.6. The number of benzene rings is 11. The Morgan fingerprint density at radius 1 is 0.356 bits per heavy atom. The molecule has 59 heavy (non-hydrogen) atoms. The average molecular weight is 744 g/mol. The van der Waals surface area contributed by atoms with Crippen LogP contribution in [0.3, 0.4) is 0 Å². The van der Waals surface area contributed by atoms with Crippen molar-refractivity contribution in [1.82, 2.24) is 14.1 Å². The first-order valence-corrected chi connectivity index (χ1v) is 20.6. The van der Waals surface area contributed by atoms with Gasteiger partial charge in [0, 0.05) is 38.5 Å². The number of hydrogen-bond donors (Lipinski definition) is 0. The van der Waals surface area contributed by atoms with E-state index < -0.39 is 0 Å². The van der Waals surface area contributed by atoms with Crippen molar-refractivity contribution in [3.63, 3.8) is 0 Å². The highest BCUT2D eigenvalue weighted by Gasteiger charge is 2.42. The molecular formula is C55H30BN3. The van der Waals surface area contributed by atoms with Crippen molar-refractivity contribution in [2.24, 2.45) is 0 Å². The van der Waals surface area contributed by atoms with Crippen LogP contribution in [0.5, 0.6) is 0 Å². The van der Waals surface area contributed by atoms with Crippen LogP contribution in [-0.2, 0) is 0 Å². The van der Waals surface area contributed by atoms with Gasteiger partial charge in [-0.2, -0.15) is 0 Å². The molecule has 0 radical (unpaired) electrons.